The second-order valence-corrected chi connectivity index (χ2v) is 8.00. The molecule has 2 heterocycles. The van der Waals surface area contributed by atoms with Gasteiger partial charge < -0.3 is 10.1 Å². The summed E-state index contributed by atoms with van der Waals surface area (Å²) in [4.78, 5) is 16.7. The van der Waals surface area contributed by atoms with Crippen molar-refractivity contribution in [3.63, 3.8) is 0 Å². The zero-order valence-corrected chi connectivity index (χ0v) is 17.8. The van der Waals surface area contributed by atoms with E-state index in [4.69, 9.17) is 16.3 Å². The Labute approximate surface area is 180 Å². The highest BCUT2D eigenvalue weighted by molar-refractivity contribution is 6.31. The molecule has 30 heavy (non-hydrogen) atoms. The molecule has 0 saturated carbocycles. The molecule has 0 radical (unpaired) electrons. The Morgan fingerprint density at radius 1 is 1.23 bits per heavy atom. The lowest BCUT2D eigenvalue weighted by atomic mass is 9.93. The first-order valence-corrected chi connectivity index (χ1v) is 10.3. The van der Waals surface area contributed by atoms with Crippen LogP contribution in [0.1, 0.15) is 43.5 Å². The number of methoxy groups -OCH3 is 1. The van der Waals surface area contributed by atoms with Gasteiger partial charge in [0.25, 0.3) is 5.95 Å². The van der Waals surface area contributed by atoms with Gasteiger partial charge in [0.05, 0.1) is 19.2 Å². The number of amides is 1. The number of ether oxygens (including phenoxy) is 1. The number of carbonyl (C=O) groups is 1. The van der Waals surface area contributed by atoms with E-state index in [2.05, 4.69) is 20.7 Å². The summed E-state index contributed by atoms with van der Waals surface area (Å²) < 4.78 is 7.08. The Bertz CT molecular complexity index is 1050. The number of nitrogens with one attached hydrogen (secondary N) is 2. The van der Waals surface area contributed by atoms with Crippen molar-refractivity contribution in [3.05, 3.63) is 64.7 Å². The van der Waals surface area contributed by atoms with Gasteiger partial charge in [-0.2, -0.15) is 4.98 Å². The minimum absolute atomic E-state index is 0.00234. The maximum absolute atomic E-state index is 12.1. The van der Waals surface area contributed by atoms with Gasteiger partial charge in [-0.05, 0) is 35.7 Å². The van der Waals surface area contributed by atoms with Crippen LogP contribution in [0, 0.1) is 5.92 Å². The summed E-state index contributed by atoms with van der Waals surface area (Å²) >= 11 is 6.52. The van der Waals surface area contributed by atoms with Crippen LogP contribution in [-0.4, -0.2) is 27.8 Å². The molecule has 0 fully saturated rings. The Hall–Kier alpha value is -3.06. The molecule has 3 aromatic rings. The Morgan fingerprint density at radius 3 is 2.63 bits per heavy atom. The lowest BCUT2D eigenvalue weighted by molar-refractivity contribution is -0.118. The predicted octanol–water partition coefficient (Wildman–Crippen LogP) is 4.68. The van der Waals surface area contributed by atoms with Crippen molar-refractivity contribution < 1.29 is 9.53 Å². The molecule has 1 amide bonds. The van der Waals surface area contributed by atoms with E-state index in [-0.39, 0.29) is 29.9 Å². The van der Waals surface area contributed by atoms with Gasteiger partial charge in [0, 0.05) is 10.9 Å². The number of benzene rings is 2. The number of hydrogen-bond acceptors (Lipinski definition) is 5. The van der Waals surface area contributed by atoms with Gasteiger partial charge in [-0.25, -0.2) is 4.68 Å². The van der Waals surface area contributed by atoms with Crippen molar-refractivity contribution in [2.24, 2.45) is 5.92 Å². The standard InChI is InChI=1S/C22H24ClN5O2/c1-13(2)20(29)25-21-26-22-24-18(14-8-10-15(30-3)11-9-14)12-19(28(22)27-21)16-6-4-5-7-17(16)23/h4-11,13,18-19H,12H2,1-3H3,(H2,24,25,26,27,29)/t18-,19-/m1/s1. The summed E-state index contributed by atoms with van der Waals surface area (Å²) in [6, 6.07) is 15.6. The Kier molecular flexibility index (Phi) is 5.63. The second kappa shape index (κ2) is 8.36. The fourth-order valence-electron chi connectivity index (χ4n) is 3.54. The highest BCUT2D eigenvalue weighted by Crippen LogP contribution is 2.40. The molecular formula is C22H24ClN5O2. The summed E-state index contributed by atoms with van der Waals surface area (Å²) in [6.07, 6.45) is 0.726. The van der Waals surface area contributed by atoms with E-state index in [9.17, 15) is 4.79 Å². The summed E-state index contributed by atoms with van der Waals surface area (Å²) in [7, 11) is 1.65. The topological polar surface area (TPSA) is 81.1 Å². The molecule has 2 atom stereocenters. The van der Waals surface area contributed by atoms with Crippen molar-refractivity contribution in [2.45, 2.75) is 32.4 Å². The molecule has 1 aliphatic rings. The smallest absolute Gasteiger partial charge is 0.250 e. The van der Waals surface area contributed by atoms with Crippen molar-refractivity contribution in [1.82, 2.24) is 14.8 Å². The molecule has 0 bridgehead atoms. The molecule has 2 aromatic carbocycles. The third kappa shape index (κ3) is 3.98. The zero-order valence-electron chi connectivity index (χ0n) is 17.1. The van der Waals surface area contributed by atoms with Crippen LogP contribution in [0.4, 0.5) is 11.9 Å². The van der Waals surface area contributed by atoms with Crippen LogP contribution in [-0.2, 0) is 4.79 Å². The first-order chi connectivity index (χ1) is 14.5. The van der Waals surface area contributed by atoms with Crippen LogP contribution in [0.2, 0.25) is 5.02 Å². The Balaban J connectivity index is 1.72. The largest absolute Gasteiger partial charge is 0.497 e. The van der Waals surface area contributed by atoms with E-state index in [0.29, 0.717) is 11.0 Å². The maximum atomic E-state index is 12.1. The van der Waals surface area contributed by atoms with E-state index in [0.717, 1.165) is 23.3 Å². The quantitative estimate of drug-likeness (QED) is 0.620. The molecule has 8 heteroatoms. The molecule has 2 N–H and O–H groups in total. The number of halogens is 1. The summed E-state index contributed by atoms with van der Waals surface area (Å²) in [5.41, 5.74) is 2.07. The second-order valence-electron chi connectivity index (χ2n) is 7.59. The van der Waals surface area contributed by atoms with Gasteiger partial charge in [-0.15, -0.1) is 5.10 Å². The number of hydrogen-bond donors (Lipinski definition) is 2. The lowest BCUT2D eigenvalue weighted by Crippen LogP contribution is -2.28. The van der Waals surface area contributed by atoms with Crippen LogP contribution in [0.25, 0.3) is 0 Å². The molecule has 0 saturated heterocycles. The normalized spacial score (nSPS) is 17.9. The third-order valence-corrected chi connectivity index (χ3v) is 5.57. The first kappa shape index (κ1) is 20.2. The van der Waals surface area contributed by atoms with Crippen LogP contribution in [0.3, 0.4) is 0 Å². The van der Waals surface area contributed by atoms with Crippen LogP contribution < -0.4 is 15.4 Å². The van der Waals surface area contributed by atoms with E-state index in [1.54, 1.807) is 11.8 Å². The molecule has 0 unspecified atom stereocenters. The summed E-state index contributed by atoms with van der Waals surface area (Å²) in [5.74, 6) is 1.39. The average molecular weight is 426 g/mol. The molecular weight excluding hydrogens is 402 g/mol. The molecule has 4 rings (SSSR count). The SMILES string of the molecule is COc1ccc([C@H]2C[C@H](c3ccccc3Cl)n3nc(NC(=O)C(C)C)nc3N2)cc1. The first-order valence-electron chi connectivity index (χ1n) is 9.88. The van der Waals surface area contributed by atoms with Crippen molar-refractivity contribution in [1.29, 1.82) is 0 Å². The predicted molar refractivity (Wildman–Crippen MR) is 117 cm³/mol. The summed E-state index contributed by atoms with van der Waals surface area (Å²) in [5, 5.41) is 11.5. The molecule has 1 aliphatic heterocycles. The maximum Gasteiger partial charge on any atom is 0.250 e. The van der Waals surface area contributed by atoms with Crippen LogP contribution in [0.5, 0.6) is 5.75 Å². The van der Waals surface area contributed by atoms with Gasteiger partial charge in [-0.3, -0.25) is 10.1 Å². The number of anilines is 2. The zero-order chi connectivity index (χ0) is 21.3. The molecule has 0 aliphatic carbocycles. The van der Waals surface area contributed by atoms with Gasteiger partial charge in [-0.1, -0.05) is 55.8 Å². The summed E-state index contributed by atoms with van der Waals surface area (Å²) in [6.45, 7) is 3.66. The number of aromatic nitrogens is 3. The van der Waals surface area contributed by atoms with E-state index in [1.807, 2.05) is 62.4 Å². The fourth-order valence-corrected chi connectivity index (χ4v) is 3.81. The molecule has 1 aromatic heterocycles. The third-order valence-electron chi connectivity index (χ3n) is 5.23. The Morgan fingerprint density at radius 2 is 1.97 bits per heavy atom. The van der Waals surface area contributed by atoms with E-state index in [1.165, 1.54) is 0 Å². The van der Waals surface area contributed by atoms with Crippen molar-refractivity contribution in [3.8, 4) is 5.75 Å². The fraction of sp³-hybridized carbons (Fsp3) is 0.318. The van der Waals surface area contributed by atoms with Gasteiger partial charge in [0.2, 0.25) is 11.9 Å². The molecule has 156 valence electrons. The monoisotopic (exact) mass is 425 g/mol. The van der Waals surface area contributed by atoms with Crippen molar-refractivity contribution >= 4 is 29.4 Å². The van der Waals surface area contributed by atoms with Crippen molar-refractivity contribution in [2.75, 3.05) is 17.7 Å². The lowest BCUT2D eigenvalue weighted by Gasteiger charge is -2.32. The number of fused-ring (bicyclic) bond motifs is 1. The minimum Gasteiger partial charge on any atom is -0.497 e. The highest BCUT2D eigenvalue weighted by Gasteiger charge is 2.32. The van der Waals surface area contributed by atoms with Gasteiger partial charge >= 0.3 is 0 Å². The average Bonchev–Trinajstić information content (AvgIpc) is 3.16. The molecule has 7 nitrogen and oxygen atoms in total. The molecule has 0 spiro atoms. The van der Waals surface area contributed by atoms with E-state index < -0.39 is 0 Å². The number of nitrogens with zero attached hydrogens (tertiary/aromatic N) is 3. The minimum atomic E-state index is -0.162. The highest BCUT2D eigenvalue weighted by atomic mass is 35.5. The van der Waals surface area contributed by atoms with Crippen LogP contribution >= 0.6 is 11.6 Å². The van der Waals surface area contributed by atoms with Gasteiger partial charge in [0.1, 0.15) is 5.75 Å². The number of rotatable bonds is 5. The number of carbonyl (C=O) groups excluding carboxylic acids is 1. The van der Waals surface area contributed by atoms with Gasteiger partial charge in [0.15, 0.2) is 0 Å². The van der Waals surface area contributed by atoms with Crippen LogP contribution in [0.15, 0.2) is 48.5 Å². The van der Waals surface area contributed by atoms with E-state index >= 15 is 0 Å².